The van der Waals surface area contributed by atoms with E-state index in [0.29, 0.717) is 29.5 Å². The zero-order valence-corrected chi connectivity index (χ0v) is 17.9. The number of nitrogens with one attached hydrogen (secondary N) is 2. The van der Waals surface area contributed by atoms with Gasteiger partial charge in [-0.3, -0.25) is 4.79 Å². The van der Waals surface area contributed by atoms with Crippen molar-refractivity contribution in [3.63, 3.8) is 0 Å². The highest BCUT2D eigenvalue weighted by Crippen LogP contribution is 2.37. The van der Waals surface area contributed by atoms with E-state index in [1.54, 1.807) is 12.3 Å². The molecule has 0 bridgehead atoms. The number of carbonyl (C=O) groups is 1. The molecule has 172 valence electrons. The molecule has 0 spiro atoms. The molecule has 1 saturated heterocycles. The van der Waals surface area contributed by atoms with Crippen LogP contribution in [0.25, 0.3) is 0 Å². The smallest absolute Gasteiger partial charge is 0.381 e. The third kappa shape index (κ3) is 5.59. The Bertz CT molecular complexity index is 936. The zero-order chi connectivity index (χ0) is 22.6. The van der Waals surface area contributed by atoms with Gasteiger partial charge >= 0.3 is 6.18 Å². The molecule has 2 aromatic rings. The lowest BCUT2D eigenvalue weighted by Gasteiger charge is -2.23. The Balaban J connectivity index is 1.52. The van der Waals surface area contributed by atoms with E-state index in [9.17, 15) is 18.0 Å². The van der Waals surface area contributed by atoms with Crippen molar-refractivity contribution in [3.8, 4) is 0 Å². The Hall–Kier alpha value is -2.61. The van der Waals surface area contributed by atoms with E-state index < -0.39 is 11.7 Å². The second-order valence-corrected chi connectivity index (χ2v) is 8.61. The Labute approximate surface area is 185 Å². The summed E-state index contributed by atoms with van der Waals surface area (Å²) in [7, 11) is 0. The third-order valence-corrected chi connectivity index (χ3v) is 6.33. The predicted molar refractivity (Wildman–Crippen MR) is 116 cm³/mol. The molecular formula is C24H28F3N3O2. The van der Waals surface area contributed by atoms with Crippen molar-refractivity contribution in [2.24, 2.45) is 5.92 Å². The van der Waals surface area contributed by atoms with Crippen LogP contribution in [-0.2, 0) is 10.9 Å². The number of halogens is 3. The maximum absolute atomic E-state index is 13.0. The summed E-state index contributed by atoms with van der Waals surface area (Å²) in [4.78, 5) is 17.3. The summed E-state index contributed by atoms with van der Waals surface area (Å²) < 4.78 is 44.5. The van der Waals surface area contributed by atoms with Gasteiger partial charge in [0.1, 0.15) is 5.82 Å². The predicted octanol–water partition coefficient (Wildman–Crippen LogP) is 5.66. The summed E-state index contributed by atoms with van der Waals surface area (Å²) in [5.41, 5.74) is 1.05. The van der Waals surface area contributed by atoms with E-state index in [-0.39, 0.29) is 11.8 Å². The zero-order valence-electron chi connectivity index (χ0n) is 17.9. The molecule has 0 radical (unpaired) electrons. The number of alkyl halides is 3. The number of aromatic nitrogens is 1. The maximum Gasteiger partial charge on any atom is 0.416 e. The van der Waals surface area contributed by atoms with Gasteiger partial charge in [0.2, 0.25) is 0 Å². The molecule has 4 rings (SSSR count). The molecule has 2 N–H and O–H groups in total. The molecule has 1 aliphatic carbocycles. The lowest BCUT2D eigenvalue weighted by Crippen LogP contribution is -2.33. The fraction of sp³-hybridized carbons (Fsp3) is 0.500. The third-order valence-electron chi connectivity index (χ3n) is 6.33. The fourth-order valence-corrected chi connectivity index (χ4v) is 4.51. The largest absolute Gasteiger partial charge is 0.416 e. The highest BCUT2D eigenvalue weighted by Gasteiger charge is 2.30. The van der Waals surface area contributed by atoms with Gasteiger partial charge in [0.15, 0.2) is 0 Å². The first-order chi connectivity index (χ1) is 15.4. The minimum absolute atomic E-state index is 0.142. The van der Waals surface area contributed by atoms with Crippen LogP contribution in [0.3, 0.4) is 0 Å². The number of nitrogens with zero attached hydrogens (tertiary/aromatic N) is 1. The van der Waals surface area contributed by atoms with Crippen LogP contribution in [0.4, 0.5) is 24.7 Å². The van der Waals surface area contributed by atoms with Crippen molar-refractivity contribution in [1.29, 1.82) is 0 Å². The second kappa shape index (κ2) is 9.90. The van der Waals surface area contributed by atoms with Gasteiger partial charge in [-0.1, -0.05) is 18.9 Å². The Morgan fingerprint density at radius 3 is 2.56 bits per heavy atom. The average Bonchev–Trinajstić information content (AvgIpc) is 3.33. The van der Waals surface area contributed by atoms with Crippen LogP contribution in [0, 0.1) is 5.92 Å². The number of hydrogen-bond acceptors (Lipinski definition) is 4. The number of amides is 1. The highest BCUT2D eigenvalue weighted by molar-refractivity contribution is 5.96. The van der Waals surface area contributed by atoms with Gasteiger partial charge in [-0.05, 0) is 67.3 Å². The summed E-state index contributed by atoms with van der Waals surface area (Å²) in [6.07, 6.45) is 3.21. The Morgan fingerprint density at radius 1 is 1.09 bits per heavy atom. The molecule has 1 amide bonds. The highest BCUT2D eigenvalue weighted by atomic mass is 19.4. The Kier molecular flexibility index (Phi) is 6.98. The first-order valence-electron chi connectivity index (χ1n) is 11.2. The van der Waals surface area contributed by atoms with Crippen molar-refractivity contribution in [2.45, 2.75) is 50.6 Å². The number of ether oxygens (including phenoxy) is 1. The van der Waals surface area contributed by atoms with Crippen LogP contribution in [0.15, 0.2) is 36.5 Å². The summed E-state index contributed by atoms with van der Waals surface area (Å²) in [5, 5.41) is 6.02. The molecule has 32 heavy (non-hydrogen) atoms. The van der Waals surface area contributed by atoms with Crippen LogP contribution in [0.5, 0.6) is 0 Å². The number of hydrogen-bond donors (Lipinski definition) is 2. The monoisotopic (exact) mass is 447 g/mol. The average molecular weight is 448 g/mol. The molecule has 2 heterocycles. The van der Waals surface area contributed by atoms with Crippen LogP contribution < -0.4 is 10.6 Å². The minimum Gasteiger partial charge on any atom is -0.381 e. The minimum atomic E-state index is -4.41. The normalized spacial score (nSPS) is 18.0. The van der Waals surface area contributed by atoms with Gasteiger partial charge in [-0.25, -0.2) is 4.98 Å². The van der Waals surface area contributed by atoms with Gasteiger partial charge in [0.25, 0.3) is 5.91 Å². The lowest BCUT2D eigenvalue weighted by atomic mass is 9.93. The van der Waals surface area contributed by atoms with Crippen LogP contribution in [0.1, 0.15) is 65.9 Å². The molecule has 1 aromatic carbocycles. The van der Waals surface area contributed by atoms with Gasteiger partial charge in [-0.2, -0.15) is 13.2 Å². The standard InChI is InChI=1S/C24H28F3N3O2/c25-24(26,27)18-6-3-7-19(12-18)30-22-13-20(17-4-1-2-5-17)21(15-28-22)23(31)29-14-16-8-10-32-11-9-16/h3,6-7,12-13,15-17H,1-2,4-5,8-11,14H2,(H,28,30)(H,29,31). The molecule has 5 nitrogen and oxygen atoms in total. The van der Waals surface area contributed by atoms with E-state index in [1.165, 1.54) is 6.07 Å². The van der Waals surface area contributed by atoms with Crippen molar-refractivity contribution >= 4 is 17.4 Å². The molecule has 0 unspecified atom stereocenters. The van der Waals surface area contributed by atoms with E-state index in [4.69, 9.17) is 4.74 Å². The molecule has 1 aliphatic heterocycles. The van der Waals surface area contributed by atoms with Gasteiger partial charge in [0.05, 0.1) is 11.1 Å². The summed E-state index contributed by atoms with van der Waals surface area (Å²) in [6, 6.07) is 6.85. The van der Waals surface area contributed by atoms with E-state index in [2.05, 4.69) is 15.6 Å². The molecule has 1 saturated carbocycles. The van der Waals surface area contributed by atoms with Gasteiger partial charge in [-0.15, -0.1) is 0 Å². The first kappa shape index (κ1) is 22.6. The van der Waals surface area contributed by atoms with E-state index in [1.807, 2.05) is 6.07 Å². The van der Waals surface area contributed by atoms with Gasteiger partial charge < -0.3 is 15.4 Å². The van der Waals surface area contributed by atoms with Crippen molar-refractivity contribution in [1.82, 2.24) is 10.3 Å². The lowest BCUT2D eigenvalue weighted by molar-refractivity contribution is -0.137. The number of pyridine rings is 1. The Morgan fingerprint density at radius 2 is 1.84 bits per heavy atom. The number of benzene rings is 1. The number of anilines is 2. The summed E-state index contributed by atoms with van der Waals surface area (Å²) >= 11 is 0. The molecule has 8 heteroatoms. The number of rotatable bonds is 6. The molecular weight excluding hydrogens is 419 g/mol. The van der Waals surface area contributed by atoms with Crippen molar-refractivity contribution in [3.05, 3.63) is 53.2 Å². The van der Waals surface area contributed by atoms with E-state index >= 15 is 0 Å². The van der Waals surface area contributed by atoms with Crippen molar-refractivity contribution < 1.29 is 22.7 Å². The number of carbonyl (C=O) groups excluding carboxylic acids is 1. The SMILES string of the molecule is O=C(NCC1CCOCC1)c1cnc(Nc2cccc(C(F)(F)F)c2)cc1C1CCCC1. The molecule has 1 aromatic heterocycles. The van der Waals surface area contributed by atoms with Crippen LogP contribution in [0.2, 0.25) is 0 Å². The molecule has 2 fully saturated rings. The molecule has 2 aliphatic rings. The summed E-state index contributed by atoms with van der Waals surface area (Å²) in [6.45, 7) is 2.06. The quantitative estimate of drug-likeness (QED) is 0.600. The van der Waals surface area contributed by atoms with E-state index in [0.717, 1.165) is 69.4 Å². The maximum atomic E-state index is 13.0. The molecule has 0 atom stereocenters. The van der Waals surface area contributed by atoms with Gasteiger partial charge in [0, 0.05) is 31.6 Å². The topological polar surface area (TPSA) is 63.2 Å². The van der Waals surface area contributed by atoms with Crippen LogP contribution in [-0.4, -0.2) is 30.6 Å². The van der Waals surface area contributed by atoms with Crippen LogP contribution >= 0.6 is 0 Å². The summed E-state index contributed by atoms with van der Waals surface area (Å²) in [5.74, 6) is 0.963. The second-order valence-electron chi connectivity index (χ2n) is 8.61. The van der Waals surface area contributed by atoms with Crippen molar-refractivity contribution in [2.75, 3.05) is 25.1 Å². The first-order valence-corrected chi connectivity index (χ1v) is 11.2. The fourth-order valence-electron chi connectivity index (χ4n) is 4.51.